The van der Waals surface area contributed by atoms with Crippen molar-refractivity contribution >= 4 is 23.6 Å². The number of ether oxygens (including phenoxy) is 1. The first-order valence-electron chi connectivity index (χ1n) is 11.2. The van der Waals surface area contributed by atoms with Crippen molar-refractivity contribution in [2.24, 2.45) is 5.92 Å². The summed E-state index contributed by atoms with van der Waals surface area (Å²) in [5, 5.41) is 9.25. The Morgan fingerprint density at radius 3 is 2.56 bits per heavy atom. The molecule has 1 aliphatic rings. The lowest BCUT2D eigenvalue weighted by Gasteiger charge is -2.40. The van der Waals surface area contributed by atoms with Crippen LogP contribution in [0, 0.1) is 5.92 Å². The molecule has 2 amide bonds. The maximum Gasteiger partial charge on any atom is 0.233 e. The first-order valence-corrected chi connectivity index (χ1v) is 12.2. The molecule has 1 aliphatic heterocycles. The number of rotatable bonds is 7. The molecule has 0 radical (unpaired) electrons. The summed E-state index contributed by atoms with van der Waals surface area (Å²) in [6.45, 7) is 7.41. The molecule has 0 spiro atoms. The van der Waals surface area contributed by atoms with Gasteiger partial charge in [0.2, 0.25) is 17.6 Å². The van der Waals surface area contributed by atoms with Crippen molar-refractivity contribution in [2.75, 3.05) is 32.5 Å². The van der Waals surface area contributed by atoms with Crippen molar-refractivity contribution in [3.63, 3.8) is 0 Å². The van der Waals surface area contributed by atoms with Crippen LogP contribution in [0.25, 0.3) is 17.3 Å². The number of thioether (sulfide) groups is 1. The third-order valence-corrected chi connectivity index (χ3v) is 6.70. The van der Waals surface area contributed by atoms with Crippen molar-refractivity contribution in [3.05, 3.63) is 42.7 Å². The Bertz CT molecular complexity index is 1130. The molecule has 1 unspecified atom stereocenters. The minimum atomic E-state index is -0.0482. The van der Waals surface area contributed by atoms with Crippen molar-refractivity contribution in [1.82, 2.24) is 24.6 Å². The van der Waals surface area contributed by atoms with Gasteiger partial charge in [0, 0.05) is 31.6 Å². The largest absolute Gasteiger partial charge is 0.497 e. The average molecular weight is 484 g/mol. The number of hydrogen-bond acceptors (Lipinski definition) is 7. The van der Waals surface area contributed by atoms with Gasteiger partial charge in [0.25, 0.3) is 0 Å². The molecular formula is C24H29N5O4S. The second-order valence-corrected chi connectivity index (χ2v) is 9.42. The predicted molar refractivity (Wildman–Crippen MR) is 129 cm³/mol. The van der Waals surface area contributed by atoms with Crippen molar-refractivity contribution < 1.29 is 18.7 Å². The summed E-state index contributed by atoms with van der Waals surface area (Å²) < 4.78 is 12.7. The number of hydrogen-bond donors (Lipinski definition) is 0. The number of methoxy groups -OCH3 is 1. The summed E-state index contributed by atoms with van der Waals surface area (Å²) in [7, 11) is 1.62. The molecule has 10 heteroatoms. The Morgan fingerprint density at radius 1 is 1.18 bits per heavy atom. The number of furan rings is 1. The van der Waals surface area contributed by atoms with Crippen LogP contribution in [0.5, 0.6) is 5.75 Å². The minimum absolute atomic E-state index is 0.00823. The lowest BCUT2D eigenvalue weighted by atomic mass is 10.1. The molecule has 180 valence electrons. The van der Waals surface area contributed by atoms with Gasteiger partial charge >= 0.3 is 0 Å². The molecule has 1 atom stereocenters. The lowest BCUT2D eigenvalue weighted by Crippen LogP contribution is -2.56. The first-order chi connectivity index (χ1) is 16.4. The zero-order valence-electron chi connectivity index (χ0n) is 19.8. The molecule has 9 nitrogen and oxygen atoms in total. The van der Waals surface area contributed by atoms with E-state index in [0.29, 0.717) is 36.4 Å². The van der Waals surface area contributed by atoms with E-state index in [0.717, 1.165) is 11.4 Å². The summed E-state index contributed by atoms with van der Waals surface area (Å²) in [4.78, 5) is 29.1. The van der Waals surface area contributed by atoms with E-state index in [9.17, 15) is 9.59 Å². The molecular weight excluding hydrogens is 454 g/mol. The maximum atomic E-state index is 13.0. The quantitative estimate of drug-likeness (QED) is 0.476. The van der Waals surface area contributed by atoms with E-state index in [-0.39, 0.29) is 29.5 Å². The summed E-state index contributed by atoms with van der Waals surface area (Å²) >= 11 is 1.33. The third-order valence-electron chi connectivity index (χ3n) is 5.79. The number of piperazine rings is 1. The van der Waals surface area contributed by atoms with Gasteiger partial charge in [-0.15, -0.1) is 10.2 Å². The fourth-order valence-corrected chi connectivity index (χ4v) is 4.81. The lowest BCUT2D eigenvalue weighted by molar-refractivity contribution is -0.143. The number of aromatic nitrogens is 3. The number of benzene rings is 1. The molecule has 3 aromatic rings. The smallest absolute Gasteiger partial charge is 0.233 e. The van der Waals surface area contributed by atoms with Gasteiger partial charge in [0.15, 0.2) is 10.9 Å². The average Bonchev–Trinajstić information content (AvgIpc) is 3.52. The molecule has 0 bridgehead atoms. The molecule has 4 rings (SSSR count). The van der Waals surface area contributed by atoms with E-state index in [4.69, 9.17) is 9.15 Å². The fourth-order valence-electron chi connectivity index (χ4n) is 3.95. The van der Waals surface area contributed by atoms with Crippen molar-refractivity contribution in [3.8, 4) is 23.0 Å². The Labute approximate surface area is 203 Å². The highest BCUT2D eigenvalue weighted by molar-refractivity contribution is 7.99. The van der Waals surface area contributed by atoms with Gasteiger partial charge in [-0.25, -0.2) is 0 Å². The van der Waals surface area contributed by atoms with E-state index in [1.54, 1.807) is 19.4 Å². The number of nitrogens with zero attached hydrogens (tertiary/aromatic N) is 5. The summed E-state index contributed by atoms with van der Waals surface area (Å²) in [6, 6.07) is 11.2. The van der Waals surface area contributed by atoms with Crippen LogP contribution in [0.15, 0.2) is 52.2 Å². The van der Waals surface area contributed by atoms with Gasteiger partial charge in [-0.2, -0.15) is 0 Å². The zero-order chi connectivity index (χ0) is 24.2. The molecule has 0 saturated carbocycles. The summed E-state index contributed by atoms with van der Waals surface area (Å²) in [6.07, 6.45) is 1.59. The highest BCUT2D eigenvalue weighted by Gasteiger charge is 2.31. The normalized spacial score (nSPS) is 16.2. The molecule has 2 aromatic heterocycles. The molecule has 34 heavy (non-hydrogen) atoms. The van der Waals surface area contributed by atoms with Crippen LogP contribution in [0.2, 0.25) is 0 Å². The second-order valence-electron chi connectivity index (χ2n) is 8.48. The van der Waals surface area contributed by atoms with E-state index >= 15 is 0 Å². The fraction of sp³-hybridized carbons (Fsp3) is 0.417. The molecule has 1 fully saturated rings. The summed E-state index contributed by atoms with van der Waals surface area (Å²) in [5.74, 6) is 2.19. The van der Waals surface area contributed by atoms with E-state index in [2.05, 4.69) is 10.2 Å². The van der Waals surface area contributed by atoms with Gasteiger partial charge in [0.05, 0.1) is 24.8 Å². The van der Waals surface area contributed by atoms with Gasteiger partial charge in [-0.3, -0.25) is 14.2 Å². The number of carbonyl (C=O) groups excluding carboxylic acids is 2. The SMILES string of the molecule is COc1ccc(-n2c(SCC(=O)N3CCN(C(=O)C(C)C)C(C)C3)nnc2-c2ccco2)cc1. The molecule has 1 saturated heterocycles. The Balaban J connectivity index is 1.49. The van der Waals surface area contributed by atoms with Crippen molar-refractivity contribution in [2.45, 2.75) is 32.0 Å². The van der Waals surface area contributed by atoms with Crippen LogP contribution < -0.4 is 4.74 Å². The third kappa shape index (κ3) is 4.96. The monoisotopic (exact) mass is 483 g/mol. The second kappa shape index (κ2) is 10.3. The Morgan fingerprint density at radius 2 is 1.94 bits per heavy atom. The predicted octanol–water partition coefficient (Wildman–Crippen LogP) is 3.34. The van der Waals surface area contributed by atoms with Crippen LogP contribution in [0.4, 0.5) is 0 Å². The van der Waals surface area contributed by atoms with E-state index < -0.39 is 0 Å². The highest BCUT2D eigenvalue weighted by atomic mass is 32.2. The van der Waals surface area contributed by atoms with Crippen LogP contribution in [-0.2, 0) is 9.59 Å². The minimum Gasteiger partial charge on any atom is -0.497 e. The van der Waals surface area contributed by atoms with Gasteiger partial charge in [-0.05, 0) is 43.3 Å². The molecule has 0 N–H and O–H groups in total. The van der Waals surface area contributed by atoms with Gasteiger partial charge < -0.3 is 19.0 Å². The number of carbonyl (C=O) groups is 2. The van der Waals surface area contributed by atoms with Gasteiger partial charge in [-0.1, -0.05) is 25.6 Å². The first kappa shape index (κ1) is 23.9. The Hall–Kier alpha value is -3.27. The van der Waals surface area contributed by atoms with Crippen LogP contribution in [0.1, 0.15) is 20.8 Å². The standard InChI is InChI=1S/C24H29N5O4S/c1-16(2)23(31)28-12-11-27(14-17(28)3)21(30)15-34-24-26-25-22(20-6-5-13-33-20)29(24)18-7-9-19(32-4)10-8-18/h5-10,13,16-17H,11-12,14-15H2,1-4H3. The number of amides is 2. The maximum absolute atomic E-state index is 13.0. The topological polar surface area (TPSA) is 93.7 Å². The van der Waals surface area contributed by atoms with Crippen LogP contribution in [-0.4, -0.2) is 74.9 Å². The van der Waals surface area contributed by atoms with Crippen molar-refractivity contribution in [1.29, 1.82) is 0 Å². The molecule has 3 heterocycles. The highest BCUT2D eigenvalue weighted by Crippen LogP contribution is 2.29. The molecule has 0 aliphatic carbocycles. The Kier molecular flexibility index (Phi) is 7.26. The summed E-state index contributed by atoms with van der Waals surface area (Å²) in [5.41, 5.74) is 0.835. The van der Waals surface area contributed by atoms with E-state index in [1.165, 1.54) is 11.8 Å². The van der Waals surface area contributed by atoms with Crippen LogP contribution in [0.3, 0.4) is 0 Å². The zero-order valence-corrected chi connectivity index (χ0v) is 20.6. The van der Waals surface area contributed by atoms with Crippen LogP contribution >= 0.6 is 11.8 Å². The van der Waals surface area contributed by atoms with E-state index in [1.807, 2.05) is 65.5 Å². The molecule has 1 aromatic carbocycles. The van der Waals surface area contributed by atoms with Gasteiger partial charge in [0.1, 0.15) is 5.75 Å².